The molecule has 2 aromatic heterocycles. The summed E-state index contributed by atoms with van der Waals surface area (Å²) >= 11 is 0. The highest BCUT2D eigenvalue weighted by Crippen LogP contribution is 2.23. The van der Waals surface area contributed by atoms with Crippen molar-refractivity contribution < 1.29 is 23.2 Å². The van der Waals surface area contributed by atoms with Gasteiger partial charge in [-0.05, 0) is 66.7 Å². The number of hydrogen-bond acceptors (Lipinski definition) is 7. The average molecular weight is 430 g/mol. The molecule has 32 heavy (non-hydrogen) atoms. The normalized spacial score (nSPS) is 10.8. The van der Waals surface area contributed by atoms with Gasteiger partial charge in [0.1, 0.15) is 11.5 Å². The van der Waals surface area contributed by atoms with Gasteiger partial charge in [-0.25, -0.2) is 0 Å². The van der Waals surface area contributed by atoms with Crippen molar-refractivity contribution in [3.05, 3.63) is 84.3 Å². The van der Waals surface area contributed by atoms with Crippen LogP contribution in [0.1, 0.15) is 16.1 Å². The molecule has 0 unspecified atom stereocenters. The van der Waals surface area contributed by atoms with Crippen LogP contribution < -0.4 is 15.4 Å². The van der Waals surface area contributed by atoms with Crippen LogP contribution in [0.25, 0.3) is 17.5 Å². The third kappa shape index (κ3) is 5.08. The number of benzene rings is 2. The molecule has 0 bridgehead atoms. The van der Waals surface area contributed by atoms with Gasteiger partial charge in [-0.3, -0.25) is 14.9 Å². The standard InChI is InChI=1S/C23H18N4O5/c1-30-18-10-6-16(7-11-18)22-26-27-23(32-22)25-21(29)15-4-8-17(9-5-15)24-20(28)13-12-19-3-2-14-31-19/h2-14H,1H3,(H,24,28)(H,25,27,29)/b13-12+. The van der Waals surface area contributed by atoms with Crippen molar-refractivity contribution in [3.8, 4) is 17.2 Å². The van der Waals surface area contributed by atoms with Crippen LogP contribution in [-0.4, -0.2) is 29.1 Å². The second kappa shape index (κ2) is 9.43. The van der Waals surface area contributed by atoms with Gasteiger partial charge in [0.05, 0.1) is 13.4 Å². The fourth-order valence-electron chi connectivity index (χ4n) is 2.73. The van der Waals surface area contributed by atoms with E-state index in [9.17, 15) is 9.59 Å². The maximum absolute atomic E-state index is 12.4. The quantitative estimate of drug-likeness (QED) is 0.421. The molecule has 9 heteroatoms. The zero-order chi connectivity index (χ0) is 22.3. The number of carbonyl (C=O) groups is 2. The highest BCUT2D eigenvalue weighted by Gasteiger charge is 2.13. The third-order valence-electron chi connectivity index (χ3n) is 4.34. The van der Waals surface area contributed by atoms with Crippen molar-refractivity contribution in [2.75, 3.05) is 17.7 Å². The van der Waals surface area contributed by atoms with Crippen LogP contribution in [0, 0.1) is 0 Å². The molecule has 0 radical (unpaired) electrons. The summed E-state index contributed by atoms with van der Waals surface area (Å²) in [5.41, 5.74) is 1.59. The molecule has 0 aliphatic heterocycles. The van der Waals surface area contributed by atoms with Gasteiger partial charge in [-0.2, -0.15) is 0 Å². The maximum atomic E-state index is 12.4. The number of hydrogen-bond donors (Lipinski definition) is 2. The van der Waals surface area contributed by atoms with Gasteiger partial charge < -0.3 is 18.9 Å². The van der Waals surface area contributed by atoms with Gasteiger partial charge in [-0.1, -0.05) is 5.10 Å². The van der Waals surface area contributed by atoms with Crippen molar-refractivity contribution in [2.24, 2.45) is 0 Å². The molecule has 4 rings (SSSR count). The van der Waals surface area contributed by atoms with Crippen molar-refractivity contribution in [2.45, 2.75) is 0 Å². The number of methoxy groups -OCH3 is 1. The minimum atomic E-state index is -0.425. The summed E-state index contributed by atoms with van der Waals surface area (Å²) in [6, 6.07) is 16.9. The van der Waals surface area contributed by atoms with E-state index in [1.165, 1.54) is 12.3 Å². The Bertz CT molecular complexity index is 1230. The lowest BCUT2D eigenvalue weighted by Crippen LogP contribution is -2.12. The Morgan fingerprint density at radius 1 is 0.969 bits per heavy atom. The first-order valence-corrected chi connectivity index (χ1v) is 9.52. The van der Waals surface area contributed by atoms with Crippen LogP contribution >= 0.6 is 0 Å². The van der Waals surface area contributed by atoms with Crippen molar-refractivity contribution in [1.29, 1.82) is 0 Å². The maximum Gasteiger partial charge on any atom is 0.322 e. The largest absolute Gasteiger partial charge is 0.497 e. The van der Waals surface area contributed by atoms with E-state index in [1.54, 1.807) is 73.8 Å². The molecular weight excluding hydrogens is 412 g/mol. The fourth-order valence-corrected chi connectivity index (χ4v) is 2.73. The number of carbonyl (C=O) groups excluding carboxylic acids is 2. The Morgan fingerprint density at radius 3 is 2.44 bits per heavy atom. The lowest BCUT2D eigenvalue weighted by molar-refractivity contribution is -0.111. The number of ether oxygens (including phenoxy) is 1. The van der Waals surface area contributed by atoms with Gasteiger partial charge in [0.2, 0.25) is 11.8 Å². The van der Waals surface area contributed by atoms with Crippen LogP contribution in [0.5, 0.6) is 5.75 Å². The van der Waals surface area contributed by atoms with Gasteiger partial charge in [0.15, 0.2) is 0 Å². The molecule has 2 amide bonds. The fraction of sp³-hybridized carbons (Fsp3) is 0.0435. The highest BCUT2D eigenvalue weighted by atomic mass is 16.5. The summed E-state index contributed by atoms with van der Waals surface area (Å²) in [6.45, 7) is 0. The smallest absolute Gasteiger partial charge is 0.322 e. The number of rotatable bonds is 7. The Labute approximate surface area is 182 Å². The van der Waals surface area contributed by atoms with Gasteiger partial charge in [0.25, 0.3) is 5.91 Å². The second-order valence-electron chi connectivity index (χ2n) is 6.51. The van der Waals surface area contributed by atoms with Crippen LogP contribution in [0.2, 0.25) is 0 Å². The summed E-state index contributed by atoms with van der Waals surface area (Å²) in [6.07, 6.45) is 4.44. The SMILES string of the molecule is COc1ccc(-c2nnc(NC(=O)c3ccc(NC(=O)/C=C/c4ccco4)cc3)o2)cc1. The number of nitrogens with zero attached hydrogens (tertiary/aromatic N) is 2. The Balaban J connectivity index is 1.34. The Kier molecular flexibility index (Phi) is 6.08. The summed E-state index contributed by atoms with van der Waals surface area (Å²) < 4.78 is 15.7. The predicted octanol–water partition coefficient (Wildman–Crippen LogP) is 4.24. The molecular formula is C23H18N4O5. The second-order valence-corrected chi connectivity index (χ2v) is 6.51. The predicted molar refractivity (Wildman–Crippen MR) is 117 cm³/mol. The van der Waals surface area contributed by atoms with E-state index in [2.05, 4.69) is 20.8 Å². The summed E-state index contributed by atoms with van der Waals surface area (Å²) in [5, 5.41) is 13.0. The van der Waals surface area contributed by atoms with E-state index < -0.39 is 5.91 Å². The van der Waals surface area contributed by atoms with E-state index in [1.807, 2.05) is 0 Å². The average Bonchev–Trinajstić information content (AvgIpc) is 3.50. The zero-order valence-corrected chi connectivity index (χ0v) is 16.9. The molecule has 160 valence electrons. The first-order valence-electron chi connectivity index (χ1n) is 9.52. The summed E-state index contributed by atoms with van der Waals surface area (Å²) in [4.78, 5) is 24.4. The minimum absolute atomic E-state index is 0.0266. The molecule has 2 N–H and O–H groups in total. The van der Waals surface area contributed by atoms with Crippen LogP contribution in [0.4, 0.5) is 11.7 Å². The number of aromatic nitrogens is 2. The number of nitrogens with one attached hydrogen (secondary N) is 2. The molecule has 4 aromatic rings. The Hall–Kier alpha value is -4.66. The van der Waals surface area contributed by atoms with Crippen molar-refractivity contribution in [3.63, 3.8) is 0 Å². The summed E-state index contributed by atoms with van der Waals surface area (Å²) in [5.74, 6) is 0.794. The number of amides is 2. The highest BCUT2D eigenvalue weighted by molar-refractivity contribution is 6.04. The molecule has 2 aromatic carbocycles. The molecule has 0 saturated heterocycles. The molecule has 0 aliphatic rings. The number of furan rings is 1. The molecule has 0 spiro atoms. The molecule has 0 atom stereocenters. The van der Waals surface area contributed by atoms with Crippen LogP contribution in [0.3, 0.4) is 0 Å². The Morgan fingerprint density at radius 2 is 1.75 bits per heavy atom. The van der Waals surface area contributed by atoms with Gasteiger partial charge in [-0.15, -0.1) is 5.10 Å². The lowest BCUT2D eigenvalue weighted by atomic mass is 10.2. The van der Waals surface area contributed by atoms with E-state index in [-0.39, 0.29) is 17.8 Å². The van der Waals surface area contributed by atoms with Gasteiger partial charge in [0, 0.05) is 22.9 Å². The van der Waals surface area contributed by atoms with E-state index in [0.29, 0.717) is 28.3 Å². The first kappa shape index (κ1) is 20.6. The first-order chi connectivity index (χ1) is 15.6. The molecule has 9 nitrogen and oxygen atoms in total. The van der Waals surface area contributed by atoms with Crippen molar-refractivity contribution >= 4 is 29.6 Å². The molecule has 0 saturated carbocycles. The monoisotopic (exact) mass is 430 g/mol. The summed E-state index contributed by atoms with van der Waals surface area (Å²) in [7, 11) is 1.58. The molecule has 0 aliphatic carbocycles. The van der Waals surface area contributed by atoms with Crippen LogP contribution in [-0.2, 0) is 4.79 Å². The topological polar surface area (TPSA) is 119 Å². The van der Waals surface area contributed by atoms with E-state index in [0.717, 1.165) is 0 Å². The third-order valence-corrected chi connectivity index (χ3v) is 4.34. The molecule has 0 fully saturated rings. The van der Waals surface area contributed by atoms with Gasteiger partial charge >= 0.3 is 6.01 Å². The lowest BCUT2D eigenvalue weighted by Gasteiger charge is -2.04. The van der Waals surface area contributed by atoms with Crippen molar-refractivity contribution in [1.82, 2.24) is 10.2 Å². The minimum Gasteiger partial charge on any atom is -0.497 e. The zero-order valence-electron chi connectivity index (χ0n) is 16.9. The number of anilines is 2. The molecule has 2 heterocycles. The van der Waals surface area contributed by atoms with Crippen LogP contribution in [0.15, 0.2) is 81.8 Å². The van der Waals surface area contributed by atoms with E-state index >= 15 is 0 Å². The van der Waals surface area contributed by atoms with E-state index in [4.69, 9.17) is 13.6 Å².